The number of carbonyl (C=O) groups is 2. The molecule has 2 N–H and O–H groups in total. The minimum Gasteiger partial charge on any atom is -0.491 e. The Balaban J connectivity index is 2.63. The monoisotopic (exact) mass is 295 g/mol. The highest BCUT2D eigenvalue weighted by atomic mass is 16.5. The van der Waals surface area contributed by atoms with Gasteiger partial charge in [0.1, 0.15) is 5.75 Å². The highest BCUT2D eigenvalue weighted by molar-refractivity contribution is 5.85. The third kappa shape index (κ3) is 6.27. The van der Waals surface area contributed by atoms with E-state index in [1.54, 1.807) is 18.2 Å². The standard InChI is InChI=1S/C15H21NO5/c1-10(2)21-12-6-4-5-11(7-12)8-14(17)16-13(9-20-3)15(18)19/h4-7,10,13H,8-9H2,1-3H3,(H,16,17)(H,18,19). The van der Waals surface area contributed by atoms with Crippen LogP contribution in [0, 0.1) is 0 Å². The molecule has 116 valence electrons. The molecule has 0 bridgehead atoms. The van der Waals surface area contributed by atoms with Crippen LogP contribution in [0.2, 0.25) is 0 Å². The van der Waals surface area contributed by atoms with Crippen molar-refractivity contribution >= 4 is 11.9 Å². The first-order chi connectivity index (χ1) is 9.92. The van der Waals surface area contributed by atoms with E-state index in [4.69, 9.17) is 14.6 Å². The van der Waals surface area contributed by atoms with Gasteiger partial charge in [-0.2, -0.15) is 0 Å². The number of ether oxygens (including phenoxy) is 2. The molecule has 0 fully saturated rings. The third-order valence-corrected chi connectivity index (χ3v) is 2.60. The third-order valence-electron chi connectivity index (χ3n) is 2.60. The number of carbonyl (C=O) groups excluding carboxylic acids is 1. The van der Waals surface area contributed by atoms with E-state index in [2.05, 4.69) is 5.32 Å². The van der Waals surface area contributed by atoms with Gasteiger partial charge >= 0.3 is 5.97 Å². The zero-order valence-electron chi connectivity index (χ0n) is 12.5. The number of carboxylic acids is 1. The zero-order chi connectivity index (χ0) is 15.8. The largest absolute Gasteiger partial charge is 0.491 e. The van der Waals surface area contributed by atoms with E-state index in [1.807, 2.05) is 19.9 Å². The molecule has 1 rings (SSSR count). The van der Waals surface area contributed by atoms with Crippen molar-refractivity contribution in [3.8, 4) is 5.75 Å². The zero-order valence-corrected chi connectivity index (χ0v) is 12.5. The number of nitrogens with one attached hydrogen (secondary N) is 1. The summed E-state index contributed by atoms with van der Waals surface area (Å²) in [6.07, 6.45) is 0.134. The van der Waals surface area contributed by atoms with Crippen LogP contribution < -0.4 is 10.1 Å². The van der Waals surface area contributed by atoms with Crippen molar-refractivity contribution < 1.29 is 24.2 Å². The second kappa shape index (κ2) is 8.26. The van der Waals surface area contributed by atoms with E-state index in [0.29, 0.717) is 5.75 Å². The molecule has 0 aromatic heterocycles. The predicted octanol–water partition coefficient (Wildman–Crippen LogP) is 1.23. The molecule has 0 aliphatic rings. The van der Waals surface area contributed by atoms with Crippen molar-refractivity contribution in [2.45, 2.75) is 32.4 Å². The molecule has 0 saturated carbocycles. The van der Waals surface area contributed by atoms with Crippen molar-refractivity contribution in [3.05, 3.63) is 29.8 Å². The van der Waals surface area contributed by atoms with Gasteiger partial charge in [-0.1, -0.05) is 12.1 Å². The van der Waals surface area contributed by atoms with Gasteiger partial charge in [0.25, 0.3) is 0 Å². The molecular weight excluding hydrogens is 274 g/mol. The summed E-state index contributed by atoms with van der Waals surface area (Å²) in [5.41, 5.74) is 0.757. The molecular formula is C15H21NO5. The Labute approximate surface area is 124 Å². The average Bonchev–Trinajstić information content (AvgIpc) is 2.37. The van der Waals surface area contributed by atoms with E-state index >= 15 is 0 Å². The van der Waals surface area contributed by atoms with Crippen molar-refractivity contribution in [2.75, 3.05) is 13.7 Å². The van der Waals surface area contributed by atoms with Gasteiger partial charge in [0.15, 0.2) is 6.04 Å². The molecule has 0 spiro atoms. The first-order valence-corrected chi connectivity index (χ1v) is 6.69. The Morgan fingerprint density at radius 1 is 1.33 bits per heavy atom. The number of hydrogen-bond donors (Lipinski definition) is 2. The SMILES string of the molecule is COCC(NC(=O)Cc1cccc(OC(C)C)c1)C(=O)O. The molecule has 0 aliphatic carbocycles. The number of amides is 1. The van der Waals surface area contributed by atoms with Crippen LogP contribution in [0.1, 0.15) is 19.4 Å². The molecule has 1 aromatic rings. The lowest BCUT2D eigenvalue weighted by molar-refractivity contribution is -0.143. The summed E-state index contributed by atoms with van der Waals surface area (Å²) in [7, 11) is 1.38. The number of benzene rings is 1. The number of hydrogen-bond acceptors (Lipinski definition) is 4. The predicted molar refractivity (Wildman–Crippen MR) is 77.4 cm³/mol. The molecule has 0 saturated heterocycles. The minimum atomic E-state index is -1.12. The lowest BCUT2D eigenvalue weighted by Crippen LogP contribution is -2.44. The highest BCUT2D eigenvalue weighted by Gasteiger charge is 2.19. The average molecular weight is 295 g/mol. The van der Waals surface area contributed by atoms with Gasteiger partial charge in [0.2, 0.25) is 5.91 Å². The van der Waals surface area contributed by atoms with Crippen LogP contribution >= 0.6 is 0 Å². The molecule has 6 nitrogen and oxygen atoms in total. The van der Waals surface area contributed by atoms with Crippen LogP contribution in [-0.2, 0) is 20.7 Å². The van der Waals surface area contributed by atoms with Gasteiger partial charge in [0, 0.05) is 7.11 Å². The van der Waals surface area contributed by atoms with E-state index in [-0.39, 0.29) is 25.0 Å². The van der Waals surface area contributed by atoms with E-state index in [9.17, 15) is 9.59 Å². The highest BCUT2D eigenvalue weighted by Crippen LogP contribution is 2.15. The van der Waals surface area contributed by atoms with Crippen LogP contribution in [-0.4, -0.2) is 42.8 Å². The van der Waals surface area contributed by atoms with Gasteiger partial charge in [0.05, 0.1) is 19.1 Å². The van der Waals surface area contributed by atoms with Crippen LogP contribution in [0.25, 0.3) is 0 Å². The van der Waals surface area contributed by atoms with Crippen molar-refractivity contribution in [2.24, 2.45) is 0 Å². The van der Waals surface area contributed by atoms with E-state index < -0.39 is 12.0 Å². The van der Waals surface area contributed by atoms with Crippen molar-refractivity contribution in [3.63, 3.8) is 0 Å². The fourth-order valence-corrected chi connectivity index (χ4v) is 1.77. The normalized spacial score (nSPS) is 12.0. The maximum atomic E-state index is 11.9. The summed E-state index contributed by atoms with van der Waals surface area (Å²) in [5, 5.41) is 11.4. The van der Waals surface area contributed by atoms with Crippen molar-refractivity contribution in [1.82, 2.24) is 5.32 Å². The maximum Gasteiger partial charge on any atom is 0.328 e. The van der Waals surface area contributed by atoms with Gasteiger partial charge < -0.3 is 19.9 Å². The number of rotatable bonds is 8. The summed E-state index contributed by atoms with van der Waals surface area (Å²) >= 11 is 0. The Morgan fingerprint density at radius 2 is 2.05 bits per heavy atom. The van der Waals surface area contributed by atoms with E-state index in [0.717, 1.165) is 5.56 Å². The lowest BCUT2D eigenvalue weighted by Gasteiger charge is -2.14. The second-order valence-corrected chi connectivity index (χ2v) is 4.90. The molecule has 1 unspecified atom stereocenters. The molecule has 21 heavy (non-hydrogen) atoms. The van der Waals surface area contributed by atoms with Gasteiger partial charge in [-0.3, -0.25) is 4.79 Å². The minimum absolute atomic E-state index is 0.0483. The first-order valence-electron chi connectivity index (χ1n) is 6.69. The summed E-state index contributed by atoms with van der Waals surface area (Å²) in [4.78, 5) is 22.8. The number of aliphatic carboxylic acids is 1. The van der Waals surface area contributed by atoms with Crippen LogP contribution in [0.15, 0.2) is 24.3 Å². The summed E-state index contributed by atoms with van der Waals surface area (Å²) in [6.45, 7) is 3.76. The fourth-order valence-electron chi connectivity index (χ4n) is 1.77. The summed E-state index contributed by atoms with van der Waals surface area (Å²) in [5.74, 6) is -0.815. The topological polar surface area (TPSA) is 84.9 Å². The van der Waals surface area contributed by atoms with Gasteiger partial charge in [-0.25, -0.2) is 4.79 Å². The Kier molecular flexibility index (Phi) is 6.68. The second-order valence-electron chi connectivity index (χ2n) is 4.90. The molecule has 0 aliphatic heterocycles. The Bertz CT molecular complexity index is 487. The molecule has 1 aromatic carbocycles. The molecule has 1 atom stereocenters. The Morgan fingerprint density at radius 3 is 2.62 bits per heavy atom. The molecule has 1 amide bonds. The fraction of sp³-hybridized carbons (Fsp3) is 0.467. The number of methoxy groups -OCH3 is 1. The molecule has 0 radical (unpaired) electrons. The smallest absolute Gasteiger partial charge is 0.328 e. The van der Waals surface area contributed by atoms with Gasteiger partial charge in [-0.15, -0.1) is 0 Å². The maximum absolute atomic E-state index is 11.9. The first kappa shape index (κ1) is 17.0. The van der Waals surface area contributed by atoms with Crippen LogP contribution in [0.5, 0.6) is 5.75 Å². The Hall–Kier alpha value is -2.08. The van der Waals surface area contributed by atoms with Crippen LogP contribution in [0.4, 0.5) is 0 Å². The quantitative estimate of drug-likeness (QED) is 0.753. The van der Waals surface area contributed by atoms with Gasteiger partial charge in [-0.05, 0) is 31.5 Å². The molecule has 0 heterocycles. The summed E-state index contributed by atoms with van der Waals surface area (Å²) < 4.78 is 10.3. The van der Waals surface area contributed by atoms with Crippen LogP contribution in [0.3, 0.4) is 0 Å². The van der Waals surface area contributed by atoms with Crippen molar-refractivity contribution in [1.29, 1.82) is 0 Å². The number of carboxylic acid groups (broad SMARTS) is 1. The lowest BCUT2D eigenvalue weighted by atomic mass is 10.1. The summed E-state index contributed by atoms with van der Waals surface area (Å²) in [6, 6.07) is 6.12. The molecule has 6 heteroatoms. The van der Waals surface area contributed by atoms with E-state index in [1.165, 1.54) is 7.11 Å².